The first-order valence-electron chi connectivity index (χ1n) is 10.3. The van der Waals surface area contributed by atoms with Crippen LogP contribution in [0.4, 0.5) is 14.5 Å². The standard InChI is InChI=1S/C26H24F2N2/c1-15-13-23(20-9-10-22(27)26(29-4)25(20)28)30-14-21(15)24-16(2)11-19(12-17(24)3)18-7-5-6-8-18/h9-14,18H,5-8H2,1-3H3. The molecule has 1 aromatic heterocycles. The highest BCUT2D eigenvalue weighted by Crippen LogP contribution is 2.39. The van der Waals surface area contributed by atoms with Gasteiger partial charge in [-0.15, -0.1) is 0 Å². The molecule has 0 spiro atoms. The Morgan fingerprint density at radius 3 is 2.20 bits per heavy atom. The molecule has 1 saturated carbocycles. The van der Waals surface area contributed by atoms with Crippen LogP contribution in [0, 0.1) is 39.0 Å². The van der Waals surface area contributed by atoms with Crippen molar-refractivity contribution in [2.24, 2.45) is 0 Å². The fourth-order valence-electron chi connectivity index (χ4n) is 4.72. The van der Waals surface area contributed by atoms with Gasteiger partial charge in [-0.3, -0.25) is 4.98 Å². The molecule has 152 valence electrons. The van der Waals surface area contributed by atoms with Crippen molar-refractivity contribution < 1.29 is 8.78 Å². The Hall–Kier alpha value is -3.06. The SMILES string of the molecule is [C-]#[N+]c1c(F)ccc(-c2cc(C)c(-c3c(C)cc(C4CCCC4)cc3C)cn2)c1F. The van der Waals surface area contributed by atoms with E-state index >= 15 is 0 Å². The lowest BCUT2D eigenvalue weighted by Crippen LogP contribution is -1.99. The summed E-state index contributed by atoms with van der Waals surface area (Å²) < 4.78 is 28.3. The van der Waals surface area contributed by atoms with Crippen LogP contribution >= 0.6 is 0 Å². The van der Waals surface area contributed by atoms with Crippen LogP contribution in [0.1, 0.15) is 53.9 Å². The summed E-state index contributed by atoms with van der Waals surface area (Å²) in [7, 11) is 0. The smallest absolute Gasteiger partial charge is 0.256 e. The molecular formula is C26H24F2N2. The van der Waals surface area contributed by atoms with E-state index in [1.807, 2.05) is 13.0 Å². The number of halogens is 2. The summed E-state index contributed by atoms with van der Waals surface area (Å²) in [6.07, 6.45) is 6.91. The van der Waals surface area contributed by atoms with Crippen molar-refractivity contribution in [1.29, 1.82) is 0 Å². The number of rotatable bonds is 3. The Labute approximate surface area is 176 Å². The van der Waals surface area contributed by atoms with E-state index < -0.39 is 17.3 Å². The Bertz CT molecular complexity index is 1150. The normalized spacial score (nSPS) is 14.1. The van der Waals surface area contributed by atoms with Crippen LogP contribution in [0.15, 0.2) is 36.5 Å². The predicted octanol–water partition coefficient (Wildman–Crippen LogP) is 7.83. The van der Waals surface area contributed by atoms with Gasteiger partial charge in [0.05, 0.1) is 12.3 Å². The van der Waals surface area contributed by atoms with Gasteiger partial charge in [0.2, 0.25) is 0 Å². The van der Waals surface area contributed by atoms with E-state index in [9.17, 15) is 8.78 Å². The van der Waals surface area contributed by atoms with Crippen molar-refractivity contribution in [1.82, 2.24) is 4.98 Å². The first-order valence-corrected chi connectivity index (χ1v) is 10.3. The number of pyridine rings is 1. The molecule has 2 aromatic carbocycles. The van der Waals surface area contributed by atoms with E-state index in [0.29, 0.717) is 11.6 Å². The average Bonchev–Trinajstić information content (AvgIpc) is 3.24. The predicted molar refractivity (Wildman–Crippen MR) is 117 cm³/mol. The van der Waals surface area contributed by atoms with Crippen molar-refractivity contribution in [3.05, 3.63) is 81.8 Å². The third kappa shape index (κ3) is 3.50. The van der Waals surface area contributed by atoms with Gasteiger partial charge >= 0.3 is 0 Å². The fraction of sp³-hybridized carbons (Fsp3) is 0.308. The van der Waals surface area contributed by atoms with Crippen LogP contribution in [-0.2, 0) is 0 Å². The zero-order chi connectivity index (χ0) is 21.4. The monoisotopic (exact) mass is 402 g/mol. The van der Waals surface area contributed by atoms with Gasteiger partial charge in [0.15, 0.2) is 0 Å². The molecule has 0 bridgehead atoms. The van der Waals surface area contributed by atoms with E-state index in [0.717, 1.165) is 22.8 Å². The molecule has 0 atom stereocenters. The molecule has 0 N–H and O–H groups in total. The quantitative estimate of drug-likeness (QED) is 0.408. The van der Waals surface area contributed by atoms with Crippen LogP contribution in [-0.4, -0.2) is 4.98 Å². The van der Waals surface area contributed by atoms with E-state index in [4.69, 9.17) is 6.57 Å². The van der Waals surface area contributed by atoms with E-state index in [2.05, 4.69) is 35.8 Å². The van der Waals surface area contributed by atoms with Gasteiger partial charge in [-0.1, -0.05) is 25.0 Å². The third-order valence-electron chi connectivity index (χ3n) is 6.22. The largest absolute Gasteiger partial charge is 0.257 e. The number of aryl methyl sites for hydroxylation is 3. The molecule has 0 amide bonds. The molecule has 1 aliphatic rings. The molecule has 4 rings (SSSR count). The molecule has 0 aliphatic heterocycles. The summed E-state index contributed by atoms with van der Waals surface area (Å²) in [5.74, 6) is -1.05. The summed E-state index contributed by atoms with van der Waals surface area (Å²) in [6.45, 7) is 13.3. The van der Waals surface area contributed by atoms with E-state index in [1.54, 1.807) is 6.20 Å². The van der Waals surface area contributed by atoms with Crippen LogP contribution in [0.25, 0.3) is 27.2 Å². The van der Waals surface area contributed by atoms with Gasteiger partial charge in [0.1, 0.15) is 11.6 Å². The molecule has 1 heterocycles. The lowest BCUT2D eigenvalue weighted by atomic mass is 9.87. The first kappa shape index (κ1) is 20.2. The second kappa shape index (κ2) is 7.99. The molecule has 1 aliphatic carbocycles. The molecule has 0 radical (unpaired) electrons. The van der Waals surface area contributed by atoms with Crippen LogP contribution in [0.5, 0.6) is 0 Å². The average molecular weight is 402 g/mol. The van der Waals surface area contributed by atoms with Crippen LogP contribution in [0.2, 0.25) is 0 Å². The second-order valence-electron chi connectivity index (χ2n) is 8.26. The maximum absolute atomic E-state index is 14.6. The van der Waals surface area contributed by atoms with E-state index in [-0.39, 0.29) is 5.56 Å². The topological polar surface area (TPSA) is 17.2 Å². The molecule has 3 aromatic rings. The fourth-order valence-corrected chi connectivity index (χ4v) is 4.72. The van der Waals surface area contributed by atoms with Crippen molar-refractivity contribution >= 4 is 5.69 Å². The second-order valence-corrected chi connectivity index (χ2v) is 8.26. The van der Waals surface area contributed by atoms with Crippen LogP contribution < -0.4 is 0 Å². The molecule has 0 unspecified atom stereocenters. The summed E-state index contributed by atoms with van der Waals surface area (Å²) in [4.78, 5) is 7.45. The Morgan fingerprint density at radius 1 is 0.933 bits per heavy atom. The summed E-state index contributed by atoms with van der Waals surface area (Å²) in [6, 6.07) is 8.87. The van der Waals surface area contributed by atoms with E-state index in [1.165, 1.54) is 48.4 Å². The maximum atomic E-state index is 14.6. The van der Waals surface area contributed by atoms with Crippen molar-refractivity contribution in [3.8, 4) is 22.4 Å². The lowest BCUT2D eigenvalue weighted by Gasteiger charge is -2.18. The van der Waals surface area contributed by atoms with Gasteiger partial charge in [-0.2, -0.15) is 0 Å². The highest BCUT2D eigenvalue weighted by molar-refractivity contribution is 5.76. The van der Waals surface area contributed by atoms with Crippen molar-refractivity contribution in [2.75, 3.05) is 0 Å². The zero-order valence-corrected chi connectivity index (χ0v) is 17.5. The number of hydrogen-bond acceptors (Lipinski definition) is 1. The highest BCUT2D eigenvalue weighted by Gasteiger charge is 2.20. The minimum atomic E-state index is -0.863. The molecule has 30 heavy (non-hydrogen) atoms. The van der Waals surface area contributed by atoms with Gasteiger partial charge in [-0.25, -0.2) is 13.6 Å². The van der Waals surface area contributed by atoms with Gasteiger partial charge in [0.25, 0.3) is 5.69 Å². The van der Waals surface area contributed by atoms with Crippen molar-refractivity contribution in [2.45, 2.75) is 52.4 Å². The zero-order valence-electron chi connectivity index (χ0n) is 17.5. The first-order chi connectivity index (χ1) is 14.4. The maximum Gasteiger partial charge on any atom is 0.257 e. The minimum Gasteiger partial charge on any atom is -0.256 e. The number of nitrogens with zero attached hydrogens (tertiary/aromatic N) is 2. The molecule has 0 saturated heterocycles. The van der Waals surface area contributed by atoms with Gasteiger partial charge < -0.3 is 0 Å². The molecule has 1 fully saturated rings. The summed E-state index contributed by atoms with van der Waals surface area (Å²) >= 11 is 0. The lowest BCUT2D eigenvalue weighted by molar-refractivity contribution is 0.595. The Morgan fingerprint density at radius 2 is 1.60 bits per heavy atom. The highest BCUT2D eigenvalue weighted by atomic mass is 19.1. The van der Waals surface area contributed by atoms with Crippen molar-refractivity contribution in [3.63, 3.8) is 0 Å². The third-order valence-corrected chi connectivity index (χ3v) is 6.22. The molecular weight excluding hydrogens is 378 g/mol. The van der Waals surface area contributed by atoms with Gasteiger partial charge in [0, 0.05) is 17.3 Å². The Balaban J connectivity index is 1.76. The summed E-state index contributed by atoms with van der Waals surface area (Å²) in [5.41, 5.74) is 6.95. The number of aromatic nitrogens is 1. The molecule has 4 heteroatoms. The van der Waals surface area contributed by atoms with Crippen LogP contribution in [0.3, 0.4) is 0 Å². The summed E-state index contributed by atoms with van der Waals surface area (Å²) in [5, 5.41) is 0. The molecule has 2 nitrogen and oxygen atoms in total. The van der Waals surface area contributed by atoms with Gasteiger partial charge in [-0.05, 0) is 85.5 Å². The minimum absolute atomic E-state index is 0.141. The number of hydrogen-bond donors (Lipinski definition) is 0. The Kier molecular flexibility index (Phi) is 5.39. The number of benzene rings is 2.